The molecule has 0 atom stereocenters. The number of carbonyl (C=O) groups is 1. The number of aryl methyl sites for hydroxylation is 1. The summed E-state index contributed by atoms with van der Waals surface area (Å²) in [7, 11) is 1.75. The standard InChI is InChI=1S/C13H16N4OS/c1-4-14-13-16-15-11(19-13)12(18)17(3)10-8-6-5-7-9(10)2/h5-8H,4H2,1-3H3,(H,14,16). The molecule has 19 heavy (non-hydrogen) atoms. The van der Waals surface area contributed by atoms with Gasteiger partial charge in [-0.25, -0.2) is 0 Å². The van der Waals surface area contributed by atoms with Gasteiger partial charge in [-0.15, -0.1) is 10.2 Å². The van der Waals surface area contributed by atoms with Crippen molar-refractivity contribution in [1.82, 2.24) is 10.2 Å². The van der Waals surface area contributed by atoms with Gasteiger partial charge >= 0.3 is 0 Å². The Bertz CT molecular complexity index is 582. The fourth-order valence-electron chi connectivity index (χ4n) is 1.72. The summed E-state index contributed by atoms with van der Waals surface area (Å²) in [6, 6.07) is 7.75. The van der Waals surface area contributed by atoms with Crippen LogP contribution in [0.2, 0.25) is 0 Å². The summed E-state index contributed by atoms with van der Waals surface area (Å²) in [5, 5.41) is 12.0. The minimum absolute atomic E-state index is 0.143. The first-order valence-electron chi connectivity index (χ1n) is 6.04. The third-order valence-electron chi connectivity index (χ3n) is 2.72. The van der Waals surface area contributed by atoms with E-state index in [1.165, 1.54) is 11.3 Å². The minimum Gasteiger partial charge on any atom is -0.360 e. The SMILES string of the molecule is CCNc1nnc(C(=O)N(C)c2ccccc2C)s1. The van der Waals surface area contributed by atoms with Crippen LogP contribution >= 0.6 is 11.3 Å². The number of anilines is 2. The summed E-state index contributed by atoms with van der Waals surface area (Å²) in [5.74, 6) is -0.143. The van der Waals surface area contributed by atoms with Crippen molar-refractivity contribution in [3.8, 4) is 0 Å². The third kappa shape index (κ3) is 2.90. The Kier molecular flexibility index (Phi) is 4.11. The molecule has 0 saturated carbocycles. The van der Waals surface area contributed by atoms with Gasteiger partial charge in [0.2, 0.25) is 10.1 Å². The molecule has 1 heterocycles. The number of carbonyl (C=O) groups excluding carboxylic acids is 1. The van der Waals surface area contributed by atoms with Crippen molar-refractivity contribution in [2.75, 3.05) is 23.8 Å². The third-order valence-corrected chi connectivity index (χ3v) is 3.59. The van der Waals surface area contributed by atoms with Gasteiger partial charge in [0.15, 0.2) is 0 Å². The number of aromatic nitrogens is 2. The molecule has 0 bridgehead atoms. The van der Waals surface area contributed by atoms with E-state index in [1.54, 1.807) is 11.9 Å². The second-order valence-electron chi connectivity index (χ2n) is 4.09. The van der Waals surface area contributed by atoms with Gasteiger partial charge in [0, 0.05) is 19.3 Å². The highest BCUT2D eigenvalue weighted by molar-refractivity contribution is 7.17. The van der Waals surface area contributed by atoms with E-state index in [0.29, 0.717) is 10.1 Å². The molecular weight excluding hydrogens is 260 g/mol. The zero-order valence-corrected chi connectivity index (χ0v) is 12.0. The Morgan fingerprint density at radius 1 is 1.37 bits per heavy atom. The van der Waals surface area contributed by atoms with E-state index in [2.05, 4.69) is 15.5 Å². The number of hydrogen-bond acceptors (Lipinski definition) is 5. The number of hydrogen-bond donors (Lipinski definition) is 1. The van der Waals surface area contributed by atoms with E-state index >= 15 is 0 Å². The highest BCUT2D eigenvalue weighted by Gasteiger charge is 2.19. The lowest BCUT2D eigenvalue weighted by atomic mass is 10.2. The first-order chi connectivity index (χ1) is 9.13. The van der Waals surface area contributed by atoms with Gasteiger partial charge in [-0.3, -0.25) is 4.79 Å². The van der Waals surface area contributed by atoms with Crippen molar-refractivity contribution in [2.45, 2.75) is 13.8 Å². The smallest absolute Gasteiger partial charge is 0.289 e. The molecule has 0 aliphatic heterocycles. The van der Waals surface area contributed by atoms with Crippen LogP contribution in [0.4, 0.5) is 10.8 Å². The maximum Gasteiger partial charge on any atom is 0.289 e. The Balaban J connectivity index is 2.21. The monoisotopic (exact) mass is 276 g/mol. The van der Waals surface area contributed by atoms with Crippen molar-refractivity contribution in [1.29, 1.82) is 0 Å². The lowest BCUT2D eigenvalue weighted by molar-refractivity contribution is 0.0992. The first-order valence-corrected chi connectivity index (χ1v) is 6.86. The zero-order valence-electron chi connectivity index (χ0n) is 11.2. The Morgan fingerprint density at radius 2 is 2.11 bits per heavy atom. The normalized spacial score (nSPS) is 10.3. The van der Waals surface area contributed by atoms with Gasteiger partial charge in [-0.1, -0.05) is 29.5 Å². The molecular formula is C13H16N4OS. The predicted octanol–water partition coefficient (Wildman–Crippen LogP) is 2.55. The van der Waals surface area contributed by atoms with Gasteiger partial charge in [0.05, 0.1) is 0 Å². The predicted molar refractivity (Wildman–Crippen MR) is 78.0 cm³/mol. The Labute approximate surface area is 116 Å². The van der Waals surface area contributed by atoms with Gasteiger partial charge in [0.1, 0.15) is 0 Å². The van der Waals surface area contributed by atoms with E-state index in [9.17, 15) is 4.79 Å². The zero-order chi connectivity index (χ0) is 13.8. The molecule has 1 aromatic heterocycles. The molecule has 100 valence electrons. The van der Waals surface area contributed by atoms with Crippen molar-refractivity contribution < 1.29 is 4.79 Å². The maximum atomic E-state index is 12.3. The van der Waals surface area contributed by atoms with E-state index in [0.717, 1.165) is 17.8 Å². The number of benzene rings is 1. The lowest BCUT2D eigenvalue weighted by Gasteiger charge is -2.17. The Hall–Kier alpha value is -1.95. The van der Waals surface area contributed by atoms with Crippen LogP contribution < -0.4 is 10.2 Å². The summed E-state index contributed by atoms with van der Waals surface area (Å²) >= 11 is 1.27. The van der Waals surface area contributed by atoms with Crippen LogP contribution in [0.3, 0.4) is 0 Å². The van der Waals surface area contributed by atoms with Crippen molar-refractivity contribution in [2.24, 2.45) is 0 Å². The Morgan fingerprint density at radius 3 is 2.79 bits per heavy atom. The summed E-state index contributed by atoms with van der Waals surface area (Å²) in [6.45, 7) is 4.71. The molecule has 2 aromatic rings. The van der Waals surface area contributed by atoms with Crippen LogP contribution in [0.25, 0.3) is 0 Å². The van der Waals surface area contributed by atoms with Crippen molar-refractivity contribution >= 4 is 28.1 Å². The van der Waals surface area contributed by atoms with Crippen LogP contribution in [0.1, 0.15) is 22.3 Å². The van der Waals surface area contributed by atoms with Crippen LogP contribution in [0, 0.1) is 6.92 Å². The molecule has 6 heteroatoms. The van der Waals surface area contributed by atoms with E-state index in [1.807, 2.05) is 38.1 Å². The molecule has 2 rings (SSSR count). The average Bonchev–Trinajstić information content (AvgIpc) is 2.87. The number of nitrogens with zero attached hydrogens (tertiary/aromatic N) is 3. The quantitative estimate of drug-likeness (QED) is 0.932. The average molecular weight is 276 g/mol. The van der Waals surface area contributed by atoms with Crippen LogP contribution in [-0.4, -0.2) is 29.7 Å². The summed E-state index contributed by atoms with van der Waals surface area (Å²) in [5.41, 5.74) is 1.93. The highest BCUT2D eigenvalue weighted by atomic mass is 32.1. The molecule has 1 aromatic carbocycles. The number of amides is 1. The molecule has 0 spiro atoms. The lowest BCUT2D eigenvalue weighted by Crippen LogP contribution is -2.26. The first kappa shape index (κ1) is 13.5. The maximum absolute atomic E-state index is 12.3. The molecule has 0 fully saturated rings. The molecule has 0 unspecified atom stereocenters. The second-order valence-corrected chi connectivity index (χ2v) is 5.07. The van der Waals surface area contributed by atoms with Gasteiger partial charge < -0.3 is 10.2 Å². The van der Waals surface area contributed by atoms with Gasteiger partial charge in [0.25, 0.3) is 5.91 Å². The molecule has 0 aliphatic rings. The van der Waals surface area contributed by atoms with E-state index in [-0.39, 0.29) is 5.91 Å². The summed E-state index contributed by atoms with van der Waals surface area (Å²) in [4.78, 5) is 13.9. The number of nitrogens with one attached hydrogen (secondary N) is 1. The molecule has 1 amide bonds. The summed E-state index contributed by atoms with van der Waals surface area (Å²) in [6.07, 6.45) is 0. The number of rotatable bonds is 4. The summed E-state index contributed by atoms with van der Waals surface area (Å²) < 4.78 is 0. The second kappa shape index (κ2) is 5.79. The molecule has 0 radical (unpaired) electrons. The van der Waals surface area contributed by atoms with Crippen LogP contribution in [-0.2, 0) is 0 Å². The molecule has 0 saturated heterocycles. The largest absolute Gasteiger partial charge is 0.360 e. The fourth-order valence-corrected chi connectivity index (χ4v) is 2.51. The highest BCUT2D eigenvalue weighted by Crippen LogP contribution is 2.22. The topological polar surface area (TPSA) is 58.1 Å². The number of para-hydroxylation sites is 1. The van der Waals surface area contributed by atoms with E-state index in [4.69, 9.17) is 0 Å². The molecule has 1 N–H and O–H groups in total. The van der Waals surface area contributed by atoms with Crippen molar-refractivity contribution in [3.05, 3.63) is 34.8 Å². The van der Waals surface area contributed by atoms with E-state index < -0.39 is 0 Å². The fraction of sp³-hybridized carbons (Fsp3) is 0.308. The molecule has 5 nitrogen and oxygen atoms in total. The molecule has 0 aliphatic carbocycles. The van der Waals surface area contributed by atoms with Crippen LogP contribution in [0.15, 0.2) is 24.3 Å². The minimum atomic E-state index is -0.143. The van der Waals surface area contributed by atoms with Gasteiger partial charge in [-0.2, -0.15) is 0 Å². The van der Waals surface area contributed by atoms with Crippen molar-refractivity contribution in [3.63, 3.8) is 0 Å². The van der Waals surface area contributed by atoms with Crippen LogP contribution in [0.5, 0.6) is 0 Å². The van der Waals surface area contributed by atoms with Gasteiger partial charge in [-0.05, 0) is 25.5 Å².